The molecule has 4 nitrogen and oxygen atoms in total. The van der Waals surface area contributed by atoms with Gasteiger partial charge in [0.05, 0.1) is 11.2 Å². The fourth-order valence-corrected chi connectivity index (χ4v) is 2.58. The summed E-state index contributed by atoms with van der Waals surface area (Å²) in [6.45, 7) is 0. The summed E-state index contributed by atoms with van der Waals surface area (Å²) in [5.74, 6) is 0. The van der Waals surface area contributed by atoms with Crippen LogP contribution < -0.4 is 0 Å². The maximum Gasteiger partial charge on any atom is 0.180 e. The number of aromatic nitrogens is 2. The molecule has 0 aliphatic rings. The van der Waals surface area contributed by atoms with Crippen LogP contribution in [-0.2, 0) is 9.84 Å². The molecule has 0 unspecified atom stereocenters. The van der Waals surface area contributed by atoms with Crippen molar-refractivity contribution in [2.24, 2.45) is 0 Å². The van der Waals surface area contributed by atoms with Gasteiger partial charge in [-0.2, -0.15) is 5.10 Å². The van der Waals surface area contributed by atoms with Crippen LogP contribution in [0.25, 0.3) is 0 Å². The van der Waals surface area contributed by atoms with Crippen molar-refractivity contribution in [2.75, 3.05) is 6.26 Å². The van der Waals surface area contributed by atoms with Crippen LogP contribution in [0.1, 0.15) is 0 Å². The van der Waals surface area contributed by atoms with E-state index in [1.54, 1.807) is 0 Å². The van der Waals surface area contributed by atoms with Crippen molar-refractivity contribution in [1.29, 1.82) is 0 Å². The molecule has 0 bridgehead atoms. The smallest absolute Gasteiger partial charge is 0.180 e. The molecule has 0 spiro atoms. The third-order valence-corrected chi connectivity index (χ3v) is 3.02. The fraction of sp³-hybridized carbons (Fsp3) is 0.200. The lowest BCUT2D eigenvalue weighted by Crippen LogP contribution is -2.01. The number of halogens is 2. The molecule has 7 heteroatoms. The van der Waals surface area contributed by atoms with Gasteiger partial charge in [-0.05, 0) is 0 Å². The molecule has 0 fully saturated rings. The molecule has 0 atom stereocenters. The van der Waals surface area contributed by atoms with Crippen molar-refractivity contribution in [3.05, 3.63) is 16.4 Å². The molecular weight excluding hydrogens is 223 g/mol. The molecule has 66 valence electrons. The van der Waals surface area contributed by atoms with Crippen molar-refractivity contribution >= 4 is 33.0 Å². The van der Waals surface area contributed by atoms with E-state index in [9.17, 15) is 8.42 Å². The molecule has 0 saturated carbocycles. The lowest BCUT2D eigenvalue weighted by Gasteiger charge is -2.00. The highest BCUT2D eigenvalue weighted by Gasteiger charge is 2.17. The topological polar surface area (TPSA) is 59.9 Å². The molecule has 0 aliphatic carbocycles. The van der Waals surface area contributed by atoms with Crippen LogP contribution in [0.2, 0.25) is 10.2 Å². The molecule has 1 aromatic rings. The zero-order chi connectivity index (χ0) is 9.35. The Bertz CT molecular complexity index is 384. The summed E-state index contributed by atoms with van der Waals surface area (Å²) in [5, 5.41) is 6.52. The molecule has 0 saturated heterocycles. The zero-order valence-electron chi connectivity index (χ0n) is 5.95. The minimum absolute atomic E-state index is 0.0162. The molecule has 1 heterocycles. The summed E-state index contributed by atoms with van der Waals surface area (Å²) in [6.07, 6.45) is 2.13. The molecule has 0 N–H and O–H groups in total. The van der Waals surface area contributed by atoms with Crippen molar-refractivity contribution in [2.45, 2.75) is 4.90 Å². The van der Waals surface area contributed by atoms with Crippen molar-refractivity contribution in [3.63, 3.8) is 0 Å². The van der Waals surface area contributed by atoms with Gasteiger partial charge in [0, 0.05) is 6.26 Å². The molecule has 1 rings (SSSR count). The van der Waals surface area contributed by atoms with Crippen LogP contribution in [0.15, 0.2) is 11.1 Å². The maximum atomic E-state index is 11.0. The second-order valence-corrected chi connectivity index (χ2v) is 4.80. The summed E-state index contributed by atoms with van der Waals surface area (Å²) in [7, 11) is -3.43. The van der Waals surface area contributed by atoms with E-state index in [2.05, 4.69) is 10.2 Å². The van der Waals surface area contributed by atoms with E-state index in [-0.39, 0.29) is 15.1 Å². The Balaban J connectivity index is 3.53. The van der Waals surface area contributed by atoms with Gasteiger partial charge in [0.15, 0.2) is 15.0 Å². The quantitative estimate of drug-likeness (QED) is 0.722. The lowest BCUT2D eigenvalue weighted by molar-refractivity contribution is 0.601. The van der Waals surface area contributed by atoms with Gasteiger partial charge in [0.25, 0.3) is 0 Å². The Morgan fingerprint density at radius 3 is 2.33 bits per heavy atom. The first kappa shape index (κ1) is 9.70. The average molecular weight is 227 g/mol. The van der Waals surface area contributed by atoms with Crippen LogP contribution in [0.4, 0.5) is 0 Å². The van der Waals surface area contributed by atoms with Crippen LogP contribution >= 0.6 is 23.2 Å². The largest absolute Gasteiger partial charge is 0.224 e. The summed E-state index contributed by atoms with van der Waals surface area (Å²) < 4.78 is 22.1. The Kier molecular flexibility index (Phi) is 2.55. The summed E-state index contributed by atoms with van der Waals surface area (Å²) in [6, 6.07) is 0. The van der Waals surface area contributed by atoms with Gasteiger partial charge in [-0.3, -0.25) is 0 Å². The number of hydrogen-bond donors (Lipinski definition) is 0. The first-order valence-corrected chi connectivity index (χ1v) is 5.44. The Hall–Kier alpha value is -0.390. The van der Waals surface area contributed by atoms with E-state index in [1.807, 2.05) is 0 Å². The molecule has 0 radical (unpaired) electrons. The predicted molar refractivity (Wildman–Crippen MR) is 45.2 cm³/mol. The standard InChI is InChI=1S/C5H4Cl2N2O2S/c1-12(10,11)4-3(6)2-8-9-5(4)7/h2H,1H3. The van der Waals surface area contributed by atoms with E-state index in [1.165, 1.54) is 0 Å². The van der Waals surface area contributed by atoms with Gasteiger partial charge in [-0.25, -0.2) is 8.42 Å². The number of hydrogen-bond acceptors (Lipinski definition) is 4. The van der Waals surface area contributed by atoms with Gasteiger partial charge < -0.3 is 0 Å². The second kappa shape index (κ2) is 3.16. The van der Waals surface area contributed by atoms with Gasteiger partial charge in [0.1, 0.15) is 4.90 Å². The van der Waals surface area contributed by atoms with Gasteiger partial charge in [-0.15, -0.1) is 5.10 Å². The Morgan fingerprint density at radius 1 is 1.42 bits per heavy atom. The molecule has 1 aromatic heterocycles. The number of nitrogens with zero attached hydrogens (tertiary/aromatic N) is 2. The average Bonchev–Trinajstić information content (AvgIpc) is 1.82. The summed E-state index contributed by atoms with van der Waals surface area (Å²) >= 11 is 11.0. The minimum Gasteiger partial charge on any atom is -0.224 e. The highest BCUT2D eigenvalue weighted by molar-refractivity contribution is 7.91. The zero-order valence-corrected chi connectivity index (χ0v) is 8.28. The number of sulfone groups is 1. The monoisotopic (exact) mass is 226 g/mol. The normalized spacial score (nSPS) is 11.6. The Morgan fingerprint density at radius 2 is 2.00 bits per heavy atom. The van der Waals surface area contributed by atoms with Crippen LogP contribution in [0.3, 0.4) is 0 Å². The van der Waals surface area contributed by atoms with Crippen molar-refractivity contribution < 1.29 is 8.42 Å². The fourth-order valence-electron chi connectivity index (χ4n) is 0.663. The predicted octanol–water partition coefficient (Wildman–Crippen LogP) is 1.19. The van der Waals surface area contributed by atoms with E-state index in [0.29, 0.717) is 0 Å². The first-order chi connectivity index (χ1) is 5.43. The molecule has 0 aliphatic heterocycles. The lowest BCUT2D eigenvalue weighted by atomic mass is 10.6. The molecule has 0 amide bonds. The van der Waals surface area contributed by atoms with E-state index in [4.69, 9.17) is 23.2 Å². The summed E-state index contributed by atoms with van der Waals surface area (Å²) in [4.78, 5) is -0.180. The van der Waals surface area contributed by atoms with E-state index in [0.717, 1.165) is 12.5 Å². The minimum atomic E-state index is -3.43. The summed E-state index contributed by atoms with van der Waals surface area (Å²) in [5.41, 5.74) is 0. The van der Waals surface area contributed by atoms with Gasteiger partial charge in [0.2, 0.25) is 0 Å². The van der Waals surface area contributed by atoms with E-state index < -0.39 is 9.84 Å². The second-order valence-electron chi connectivity index (χ2n) is 2.08. The van der Waals surface area contributed by atoms with Crippen LogP contribution in [-0.4, -0.2) is 24.9 Å². The highest BCUT2D eigenvalue weighted by atomic mass is 35.5. The van der Waals surface area contributed by atoms with Crippen molar-refractivity contribution in [1.82, 2.24) is 10.2 Å². The van der Waals surface area contributed by atoms with Crippen LogP contribution in [0, 0.1) is 0 Å². The highest BCUT2D eigenvalue weighted by Crippen LogP contribution is 2.25. The molecule has 0 aromatic carbocycles. The first-order valence-electron chi connectivity index (χ1n) is 2.79. The Labute approximate surface area is 79.4 Å². The molecule has 12 heavy (non-hydrogen) atoms. The SMILES string of the molecule is CS(=O)(=O)c1c(Cl)cnnc1Cl. The number of rotatable bonds is 1. The van der Waals surface area contributed by atoms with Gasteiger partial charge >= 0.3 is 0 Å². The maximum absolute atomic E-state index is 11.0. The third kappa shape index (κ3) is 1.85. The van der Waals surface area contributed by atoms with Crippen LogP contribution in [0.5, 0.6) is 0 Å². The van der Waals surface area contributed by atoms with Crippen molar-refractivity contribution in [3.8, 4) is 0 Å². The van der Waals surface area contributed by atoms with Gasteiger partial charge in [-0.1, -0.05) is 23.2 Å². The third-order valence-electron chi connectivity index (χ3n) is 1.09. The van der Waals surface area contributed by atoms with E-state index >= 15 is 0 Å². The molecular formula is C5H4Cl2N2O2S.